The van der Waals surface area contributed by atoms with Gasteiger partial charge in [-0.05, 0) is 78.9 Å². The number of carbonyl (C=O) groups is 9. The number of anilines is 2. The molecular weight excluding hydrogens is 1120 g/mol. The molecule has 0 aliphatic rings. The van der Waals surface area contributed by atoms with E-state index in [4.69, 9.17) is 31.3 Å². The van der Waals surface area contributed by atoms with Gasteiger partial charge in [-0.2, -0.15) is 26.3 Å². The first-order chi connectivity index (χ1) is 39.4. The Morgan fingerprint density at radius 1 is 0.440 bits per heavy atom. The maximum absolute atomic E-state index is 14.0. The number of carboxylic acids is 2. The van der Waals surface area contributed by atoms with Gasteiger partial charge in [0.1, 0.15) is 29.6 Å². The maximum atomic E-state index is 14.0. The predicted molar refractivity (Wildman–Crippen MR) is 291 cm³/mol. The second-order valence-electron chi connectivity index (χ2n) is 18.3. The van der Waals surface area contributed by atoms with Crippen molar-refractivity contribution < 1.29 is 89.9 Å². The van der Waals surface area contributed by atoms with Crippen molar-refractivity contribution in [1.82, 2.24) is 31.9 Å². The third-order valence-electron chi connectivity index (χ3n) is 11.4. The second-order valence-corrected chi connectivity index (χ2v) is 18.3. The fraction of sp³-hybridized carbons (Fsp3) is 0.291. The molecule has 7 amide bonds. The van der Waals surface area contributed by atoms with Crippen LogP contribution in [0.15, 0.2) is 133 Å². The molecule has 0 spiro atoms. The van der Waals surface area contributed by atoms with Crippen LogP contribution in [0.1, 0.15) is 36.1 Å². The van der Waals surface area contributed by atoms with Crippen LogP contribution >= 0.6 is 0 Å². The van der Waals surface area contributed by atoms with Crippen LogP contribution in [0.5, 0.6) is 11.5 Å². The van der Waals surface area contributed by atoms with Crippen molar-refractivity contribution >= 4 is 64.7 Å². The quantitative estimate of drug-likeness (QED) is 0.0312. The van der Waals surface area contributed by atoms with Gasteiger partial charge in [0.2, 0.25) is 41.4 Å². The molecule has 0 unspecified atom stereocenters. The zero-order valence-electron chi connectivity index (χ0n) is 44.8. The summed E-state index contributed by atoms with van der Waals surface area (Å²) in [5, 5.41) is 54.8. The van der Waals surface area contributed by atoms with E-state index in [1.54, 1.807) is 110 Å². The lowest BCUT2D eigenvalue weighted by molar-refractivity contribution is -0.193. The molecule has 0 saturated heterocycles. The number of hydrogen-bond acceptors (Lipinski definition) is 14. The van der Waals surface area contributed by atoms with Gasteiger partial charge in [-0.1, -0.05) is 97.1 Å². The molecule has 0 fully saturated rings. The number of aliphatic carboxylic acids is 2. The van der Waals surface area contributed by atoms with Gasteiger partial charge < -0.3 is 69.1 Å². The summed E-state index contributed by atoms with van der Waals surface area (Å²) in [6.45, 7) is 2.04. The number of rotatable bonds is 24. The Bertz CT molecular complexity index is 2970. The average Bonchev–Trinajstić information content (AvgIpc) is 3.59. The summed E-state index contributed by atoms with van der Waals surface area (Å²) in [4.78, 5) is 111. The van der Waals surface area contributed by atoms with Crippen LogP contribution in [0.2, 0.25) is 0 Å². The third kappa shape index (κ3) is 25.9. The van der Waals surface area contributed by atoms with Crippen LogP contribution < -0.4 is 54.0 Å². The summed E-state index contributed by atoms with van der Waals surface area (Å²) in [6.07, 6.45) is -10.1. The van der Waals surface area contributed by atoms with Gasteiger partial charge in [-0.15, -0.1) is 0 Å². The molecule has 0 aliphatic heterocycles. The first-order valence-electron chi connectivity index (χ1n) is 25.1. The molecule has 5 aromatic rings. The molecule has 84 heavy (non-hydrogen) atoms. The molecular formula is C55H62F6N10O13. The molecule has 0 aromatic heterocycles. The molecule has 29 heteroatoms. The van der Waals surface area contributed by atoms with E-state index in [1.165, 1.54) is 31.2 Å². The number of phenols is 2. The van der Waals surface area contributed by atoms with Gasteiger partial charge in [-0.3, -0.25) is 38.9 Å². The van der Waals surface area contributed by atoms with E-state index in [1.807, 2.05) is 6.07 Å². The number of carbonyl (C=O) groups excluding carboxylic acids is 7. The highest BCUT2D eigenvalue weighted by Crippen LogP contribution is 2.23. The van der Waals surface area contributed by atoms with Crippen molar-refractivity contribution in [3.8, 4) is 11.5 Å². The van der Waals surface area contributed by atoms with E-state index in [0.717, 1.165) is 11.1 Å². The summed E-state index contributed by atoms with van der Waals surface area (Å²) in [7, 11) is 0. The molecule has 0 saturated carbocycles. The first kappa shape index (κ1) is 68.7. The highest BCUT2D eigenvalue weighted by molar-refractivity contribution is 6.04. The third-order valence-corrected chi connectivity index (χ3v) is 11.4. The normalized spacial score (nSPS) is 13.1. The number of para-hydroxylation sites is 2. The van der Waals surface area contributed by atoms with Crippen LogP contribution in [0.25, 0.3) is 0 Å². The first-order valence-corrected chi connectivity index (χ1v) is 25.1. The molecule has 0 aliphatic carbocycles. The Labute approximate surface area is 475 Å². The minimum Gasteiger partial charge on any atom is -0.508 e. The van der Waals surface area contributed by atoms with Crippen molar-refractivity contribution in [2.45, 2.75) is 88.3 Å². The van der Waals surface area contributed by atoms with Gasteiger partial charge in [0, 0.05) is 19.3 Å². The molecule has 5 aromatic carbocycles. The van der Waals surface area contributed by atoms with E-state index >= 15 is 0 Å². The SMILES string of the molecule is C[C@H](N[C@@H](N)Cc1ccc(O)cc1)C(=O)NCC(=O)N[C@H](Cc1ccccc1)C(=O)Nc1ccccc1NC(=O)[C@H](Cc1ccccc1)NC(=O)CNC(=O)[C@@H](C)NC(=O)[C@@H](N)Cc1ccc(O)cc1.O=C(O)C(F)(F)F.O=C(O)C(F)(F)F. The molecule has 0 heterocycles. The molecule has 0 bridgehead atoms. The molecule has 5 rings (SSSR count). The second kappa shape index (κ2) is 33.3. The van der Waals surface area contributed by atoms with Crippen LogP contribution in [0.4, 0.5) is 37.7 Å². The van der Waals surface area contributed by atoms with Crippen molar-refractivity contribution in [3.05, 3.63) is 156 Å². The monoisotopic (exact) mass is 1180 g/mol. The summed E-state index contributed by atoms with van der Waals surface area (Å²) in [5.74, 6) is -9.73. The summed E-state index contributed by atoms with van der Waals surface area (Å²) in [6, 6.07) is 31.8. The summed E-state index contributed by atoms with van der Waals surface area (Å²) >= 11 is 0. The minimum atomic E-state index is -5.08. The Morgan fingerprint density at radius 2 is 0.774 bits per heavy atom. The Hall–Kier alpha value is -9.61. The van der Waals surface area contributed by atoms with Gasteiger partial charge in [0.05, 0.1) is 42.7 Å². The zero-order valence-corrected chi connectivity index (χ0v) is 44.8. The number of nitrogens with two attached hydrogens (primary N) is 2. The number of nitrogens with one attached hydrogen (secondary N) is 8. The van der Waals surface area contributed by atoms with Crippen molar-refractivity contribution in [2.24, 2.45) is 11.5 Å². The van der Waals surface area contributed by atoms with Gasteiger partial charge in [0.15, 0.2) is 0 Å². The fourth-order valence-corrected chi connectivity index (χ4v) is 7.10. The number of hydrogen-bond donors (Lipinski definition) is 14. The topological polar surface area (TPSA) is 383 Å². The maximum Gasteiger partial charge on any atom is 0.490 e. The Kier molecular flexibility index (Phi) is 27.3. The lowest BCUT2D eigenvalue weighted by Crippen LogP contribution is -2.53. The van der Waals surface area contributed by atoms with Crippen molar-refractivity contribution in [3.63, 3.8) is 0 Å². The summed E-state index contributed by atoms with van der Waals surface area (Å²) in [5.41, 5.74) is 15.6. The number of amides is 7. The van der Waals surface area contributed by atoms with Crippen LogP contribution in [-0.4, -0.2) is 136 Å². The van der Waals surface area contributed by atoms with Crippen LogP contribution in [0, 0.1) is 0 Å². The largest absolute Gasteiger partial charge is 0.508 e. The standard InChI is InChI=1S/C51H60N10O9.2C2HF3O2/c1-31(56-44(53)28-36-19-23-38(63)24-20-36)47(66)54-29-45(64)58-42(26-33-11-5-3-6-12-33)50(69)60-40-15-9-10-16-41(40)61-51(70)43(27-34-13-7-4-8-14-34)59-46(65)30-55-48(67)32(2)57-49(68)39(52)25-35-17-21-37(62)22-18-35;2*3-2(4,5)1(6)7/h3-24,31-32,39,42-44,56,62-63H,25-30,52-53H2,1-2H3,(H,54,66)(H,55,67)(H,57,68)(H,58,64)(H,59,65)(H,60,69)(H,61,70);2*(H,6,7)/t31-,32+,39-,42+,43-,44+;;/m0../s1. The molecule has 16 N–H and O–H groups in total. The van der Waals surface area contributed by atoms with E-state index in [9.17, 15) is 70.1 Å². The molecule has 23 nitrogen and oxygen atoms in total. The number of benzene rings is 5. The van der Waals surface area contributed by atoms with Crippen LogP contribution in [0.3, 0.4) is 0 Å². The van der Waals surface area contributed by atoms with Crippen molar-refractivity contribution in [2.75, 3.05) is 23.7 Å². The Morgan fingerprint density at radius 3 is 1.14 bits per heavy atom. The van der Waals surface area contributed by atoms with Gasteiger partial charge >= 0.3 is 24.3 Å². The fourth-order valence-electron chi connectivity index (χ4n) is 7.10. The predicted octanol–water partition coefficient (Wildman–Crippen LogP) is 2.51. The average molecular weight is 1190 g/mol. The van der Waals surface area contributed by atoms with E-state index in [0.29, 0.717) is 17.5 Å². The minimum absolute atomic E-state index is 0.0510. The highest BCUT2D eigenvalue weighted by Gasteiger charge is 2.39. The number of halogens is 6. The van der Waals surface area contributed by atoms with E-state index in [-0.39, 0.29) is 42.1 Å². The van der Waals surface area contributed by atoms with Crippen LogP contribution in [-0.2, 0) is 68.8 Å². The molecule has 6 atom stereocenters. The van der Waals surface area contributed by atoms with Gasteiger partial charge in [0.25, 0.3) is 0 Å². The molecule has 452 valence electrons. The lowest BCUT2D eigenvalue weighted by Gasteiger charge is -2.22. The molecule has 0 radical (unpaired) electrons. The number of carboxylic acid groups (broad SMARTS) is 2. The highest BCUT2D eigenvalue weighted by atomic mass is 19.4. The van der Waals surface area contributed by atoms with E-state index in [2.05, 4.69) is 42.5 Å². The van der Waals surface area contributed by atoms with Crippen molar-refractivity contribution in [1.29, 1.82) is 0 Å². The lowest BCUT2D eigenvalue weighted by atomic mass is 10.0. The number of phenolic OH excluding ortho intramolecular Hbond substituents is 2. The zero-order chi connectivity index (χ0) is 62.7. The van der Waals surface area contributed by atoms with E-state index < -0.39 is 115 Å². The Balaban J connectivity index is 0.00000117. The smallest absolute Gasteiger partial charge is 0.490 e. The number of alkyl halides is 6. The van der Waals surface area contributed by atoms with Gasteiger partial charge in [-0.25, -0.2) is 9.59 Å². The summed E-state index contributed by atoms with van der Waals surface area (Å²) < 4.78 is 63.5. The number of aromatic hydroxyl groups is 2.